The van der Waals surface area contributed by atoms with Crippen LogP contribution >= 0.6 is 11.8 Å². The molecule has 0 aromatic heterocycles. The van der Waals surface area contributed by atoms with Crippen molar-refractivity contribution in [3.8, 4) is 0 Å². The lowest BCUT2D eigenvalue weighted by Gasteiger charge is -2.17. The number of carbonyl (C=O) groups is 2. The summed E-state index contributed by atoms with van der Waals surface area (Å²) >= 11 is 1.37. The van der Waals surface area contributed by atoms with Crippen molar-refractivity contribution in [2.24, 2.45) is 0 Å². The number of benzene rings is 2. The molecule has 29 heavy (non-hydrogen) atoms. The lowest BCUT2D eigenvalue weighted by molar-refractivity contribution is -0.116. The Bertz CT molecular complexity index is 1030. The van der Waals surface area contributed by atoms with Crippen LogP contribution in [0.25, 0.3) is 0 Å². The van der Waals surface area contributed by atoms with Gasteiger partial charge in [0.1, 0.15) is 0 Å². The van der Waals surface area contributed by atoms with Crippen LogP contribution in [0.15, 0.2) is 46.2 Å². The minimum absolute atomic E-state index is 0.107. The molecule has 0 aliphatic carbocycles. The van der Waals surface area contributed by atoms with Gasteiger partial charge in [0, 0.05) is 17.0 Å². The van der Waals surface area contributed by atoms with Crippen molar-refractivity contribution in [2.45, 2.75) is 42.9 Å². The van der Waals surface area contributed by atoms with Gasteiger partial charge in [0.25, 0.3) is 0 Å². The number of aryl methyl sites for hydroxylation is 2. The van der Waals surface area contributed by atoms with Gasteiger partial charge in [-0.15, -0.1) is 11.8 Å². The number of para-hydroxylation sites is 1. The third kappa shape index (κ3) is 5.00. The molecule has 0 fully saturated rings. The first-order valence-corrected chi connectivity index (χ1v) is 12.2. The number of fused-ring (bicyclic) bond motifs is 1. The van der Waals surface area contributed by atoms with Gasteiger partial charge in [0.2, 0.25) is 11.8 Å². The summed E-state index contributed by atoms with van der Waals surface area (Å²) in [5, 5.41) is 5.59. The van der Waals surface area contributed by atoms with E-state index in [1.807, 2.05) is 32.0 Å². The Kier molecular flexibility index (Phi) is 6.64. The molecule has 0 spiro atoms. The largest absolute Gasteiger partial charge is 0.326 e. The molecule has 1 aliphatic heterocycles. The number of thioether (sulfide) groups is 1. The normalized spacial score (nSPS) is 13.5. The molecular weight excluding hydrogens is 408 g/mol. The van der Waals surface area contributed by atoms with E-state index in [9.17, 15) is 18.0 Å². The third-order valence-corrected chi connectivity index (χ3v) is 7.59. The molecule has 0 radical (unpaired) electrons. The van der Waals surface area contributed by atoms with E-state index in [-0.39, 0.29) is 28.9 Å². The molecular formula is C21H24N2O4S2. The molecule has 1 aliphatic rings. The van der Waals surface area contributed by atoms with Gasteiger partial charge in [0.15, 0.2) is 9.84 Å². The van der Waals surface area contributed by atoms with Crippen molar-refractivity contribution < 1.29 is 18.0 Å². The summed E-state index contributed by atoms with van der Waals surface area (Å²) in [6, 6.07) is 10.6. The quantitative estimate of drug-likeness (QED) is 0.697. The Morgan fingerprint density at radius 3 is 2.48 bits per heavy atom. The second-order valence-electron chi connectivity index (χ2n) is 6.77. The fraction of sp³-hybridized carbons (Fsp3) is 0.333. The number of sulfone groups is 1. The molecule has 6 nitrogen and oxygen atoms in total. The first-order valence-electron chi connectivity index (χ1n) is 9.54. The zero-order chi connectivity index (χ0) is 21.0. The predicted octanol–water partition coefficient (Wildman–Crippen LogP) is 3.66. The van der Waals surface area contributed by atoms with E-state index in [2.05, 4.69) is 10.6 Å². The number of anilines is 2. The van der Waals surface area contributed by atoms with Crippen LogP contribution in [0.3, 0.4) is 0 Å². The molecule has 2 amide bonds. The highest BCUT2D eigenvalue weighted by molar-refractivity contribution is 8.00. The number of nitrogens with one attached hydrogen (secondary N) is 2. The zero-order valence-electron chi connectivity index (χ0n) is 16.4. The van der Waals surface area contributed by atoms with Crippen LogP contribution in [0.5, 0.6) is 0 Å². The Balaban J connectivity index is 1.70. The minimum atomic E-state index is -3.65. The Morgan fingerprint density at radius 1 is 1.14 bits per heavy atom. The third-order valence-electron chi connectivity index (χ3n) is 4.80. The van der Waals surface area contributed by atoms with E-state index in [4.69, 9.17) is 0 Å². The Labute approximate surface area is 175 Å². The van der Waals surface area contributed by atoms with Crippen molar-refractivity contribution in [1.29, 1.82) is 0 Å². The lowest BCUT2D eigenvalue weighted by Crippen LogP contribution is -2.20. The molecule has 0 atom stereocenters. The molecule has 2 N–H and O–H groups in total. The van der Waals surface area contributed by atoms with Crippen molar-refractivity contribution >= 4 is 44.8 Å². The molecule has 0 saturated carbocycles. The Hall–Kier alpha value is -2.32. The lowest BCUT2D eigenvalue weighted by atomic mass is 10.0. The van der Waals surface area contributed by atoms with Crippen molar-refractivity contribution in [1.82, 2.24) is 0 Å². The summed E-state index contributed by atoms with van der Waals surface area (Å²) in [4.78, 5) is 25.0. The van der Waals surface area contributed by atoms with Gasteiger partial charge in [0.05, 0.1) is 22.1 Å². The van der Waals surface area contributed by atoms with Crippen LogP contribution in [-0.4, -0.2) is 31.7 Å². The van der Waals surface area contributed by atoms with Gasteiger partial charge in [-0.25, -0.2) is 8.42 Å². The molecule has 3 rings (SSSR count). The van der Waals surface area contributed by atoms with Crippen LogP contribution < -0.4 is 10.6 Å². The predicted molar refractivity (Wildman–Crippen MR) is 116 cm³/mol. The first-order chi connectivity index (χ1) is 13.8. The summed E-state index contributed by atoms with van der Waals surface area (Å²) in [6.07, 6.45) is 1.42. The second kappa shape index (κ2) is 9.00. The smallest absolute Gasteiger partial charge is 0.234 e. The molecule has 2 aromatic rings. The molecule has 0 bridgehead atoms. The highest BCUT2D eigenvalue weighted by Gasteiger charge is 2.22. The van der Waals surface area contributed by atoms with Gasteiger partial charge in [-0.1, -0.05) is 32.0 Å². The van der Waals surface area contributed by atoms with Gasteiger partial charge >= 0.3 is 0 Å². The summed E-state index contributed by atoms with van der Waals surface area (Å²) in [5.41, 5.74) is 3.35. The van der Waals surface area contributed by atoms with Gasteiger partial charge in [-0.05, 0) is 42.2 Å². The number of hydrogen-bond donors (Lipinski definition) is 2. The highest BCUT2D eigenvalue weighted by Crippen LogP contribution is 2.33. The van der Waals surface area contributed by atoms with Crippen LogP contribution in [0, 0.1) is 0 Å². The standard InChI is InChI=1S/C21H24N2O4S2/c1-3-14-6-5-7-15(4-2)21(14)23-19(24)10-11-29(26,27)16-8-9-18-17(12-16)22-20(25)13-28-18/h5-9,12H,3-4,10-11,13H2,1-2H3,(H,22,25)(H,23,24). The minimum Gasteiger partial charge on any atom is -0.326 e. The highest BCUT2D eigenvalue weighted by atomic mass is 32.2. The Morgan fingerprint density at radius 2 is 1.83 bits per heavy atom. The monoisotopic (exact) mass is 432 g/mol. The van der Waals surface area contributed by atoms with Crippen molar-refractivity contribution in [3.05, 3.63) is 47.5 Å². The molecule has 2 aromatic carbocycles. The number of amides is 2. The van der Waals surface area contributed by atoms with E-state index >= 15 is 0 Å². The summed E-state index contributed by atoms with van der Waals surface area (Å²) in [7, 11) is -3.65. The van der Waals surface area contributed by atoms with Crippen molar-refractivity contribution in [3.63, 3.8) is 0 Å². The molecule has 8 heteroatoms. The van der Waals surface area contributed by atoms with E-state index in [0.29, 0.717) is 11.4 Å². The van der Waals surface area contributed by atoms with Gasteiger partial charge < -0.3 is 10.6 Å². The van der Waals surface area contributed by atoms with Crippen LogP contribution in [0.2, 0.25) is 0 Å². The number of rotatable bonds is 7. The van der Waals surface area contributed by atoms with Crippen molar-refractivity contribution in [2.75, 3.05) is 22.1 Å². The van der Waals surface area contributed by atoms with Crippen LogP contribution in [-0.2, 0) is 32.3 Å². The fourth-order valence-corrected chi connectivity index (χ4v) is 5.26. The van der Waals surface area contributed by atoms with Crippen LogP contribution in [0.4, 0.5) is 11.4 Å². The maximum Gasteiger partial charge on any atom is 0.234 e. The first kappa shape index (κ1) is 21.4. The SMILES string of the molecule is CCc1cccc(CC)c1NC(=O)CCS(=O)(=O)c1ccc2c(c1)NC(=O)CS2. The van der Waals surface area contributed by atoms with E-state index in [1.165, 1.54) is 23.9 Å². The average molecular weight is 433 g/mol. The summed E-state index contributed by atoms with van der Waals surface area (Å²) in [6.45, 7) is 4.03. The molecule has 0 unspecified atom stereocenters. The average Bonchev–Trinajstić information content (AvgIpc) is 2.72. The summed E-state index contributed by atoms with van der Waals surface area (Å²) < 4.78 is 25.4. The van der Waals surface area contributed by atoms with Gasteiger partial charge in [-0.2, -0.15) is 0 Å². The maximum atomic E-state index is 12.7. The molecule has 1 heterocycles. The number of hydrogen-bond acceptors (Lipinski definition) is 5. The maximum absolute atomic E-state index is 12.7. The fourth-order valence-electron chi connectivity index (χ4n) is 3.21. The number of carbonyl (C=O) groups excluding carboxylic acids is 2. The van der Waals surface area contributed by atoms with E-state index in [1.54, 1.807) is 6.07 Å². The molecule has 154 valence electrons. The summed E-state index contributed by atoms with van der Waals surface area (Å²) in [5.74, 6) is -0.462. The van der Waals surface area contributed by atoms with Gasteiger partial charge in [-0.3, -0.25) is 9.59 Å². The van der Waals surface area contributed by atoms with Crippen LogP contribution in [0.1, 0.15) is 31.4 Å². The topological polar surface area (TPSA) is 92.3 Å². The zero-order valence-corrected chi connectivity index (χ0v) is 18.1. The molecule has 0 saturated heterocycles. The van der Waals surface area contributed by atoms with E-state index < -0.39 is 9.84 Å². The van der Waals surface area contributed by atoms with E-state index in [0.717, 1.165) is 34.6 Å². The second-order valence-corrected chi connectivity index (χ2v) is 9.90.